The van der Waals surface area contributed by atoms with Gasteiger partial charge in [-0.25, -0.2) is 13.2 Å². The summed E-state index contributed by atoms with van der Waals surface area (Å²) in [7, 11) is -1.74. The average molecular weight is 580 g/mol. The number of nitrogens with zero attached hydrogens (tertiary/aromatic N) is 2. The highest BCUT2D eigenvalue weighted by atomic mass is 35.5. The van der Waals surface area contributed by atoms with E-state index in [1.54, 1.807) is 43.9 Å². The molecule has 3 atom stereocenters. The summed E-state index contributed by atoms with van der Waals surface area (Å²) in [6.07, 6.45) is -0.525. The van der Waals surface area contributed by atoms with E-state index >= 15 is 0 Å². The zero-order chi connectivity index (χ0) is 27.7. The van der Waals surface area contributed by atoms with E-state index < -0.39 is 39.5 Å². The summed E-state index contributed by atoms with van der Waals surface area (Å²) in [6, 6.07) is 13.0. The van der Waals surface area contributed by atoms with Crippen molar-refractivity contribution in [1.29, 1.82) is 0 Å². The summed E-state index contributed by atoms with van der Waals surface area (Å²) in [4.78, 5) is 32.3. The van der Waals surface area contributed by atoms with E-state index in [9.17, 15) is 18.0 Å². The summed E-state index contributed by atoms with van der Waals surface area (Å²) in [5.74, 6) is -0.184. The fraction of sp³-hybridized carbons (Fsp3) is 0.423. The molecule has 204 valence electrons. The third kappa shape index (κ3) is 6.81. The van der Waals surface area contributed by atoms with Crippen molar-refractivity contribution in [2.45, 2.75) is 50.1 Å². The Hall–Kier alpha value is -2.76. The number of rotatable bonds is 6. The molecule has 2 fully saturated rings. The number of halogens is 1. The number of benzene rings is 2. The Morgan fingerprint density at radius 1 is 1.18 bits per heavy atom. The first-order chi connectivity index (χ1) is 17.8. The molecule has 0 spiro atoms. The first kappa shape index (κ1) is 28.3. The Bertz CT molecular complexity index is 1340. The van der Waals surface area contributed by atoms with Gasteiger partial charge in [-0.1, -0.05) is 53.7 Å². The topological polar surface area (TPSA) is 114 Å². The second-order valence-corrected chi connectivity index (χ2v) is 13.9. The van der Waals surface area contributed by atoms with Crippen molar-refractivity contribution in [2.75, 3.05) is 23.5 Å². The molecule has 0 bridgehead atoms. The minimum absolute atomic E-state index is 0.0144. The molecule has 2 heterocycles. The highest BCUT2D eigenvalue weighted by Gasteiger charge is 2.49. The predicted octanol–water partition coefficient (Wildman–Crippen LogP) is 4.09. The van der Waals surface area contributed by atoms with Crippen LogP contribution in [0.4, 0.5) is 10.5 Å². The monoisotopic (exact) mass is 579 g/mol. The smallest absolute Gasteiger partial charge is 0.408 e. The van der Waals surface area contributed by atoms with Crippen LogP contribution in [0.25, 0.3) is 0 Å². The zero-order valence-corrected chi connectivity index (χ0v) is 23.9. The lowest BCUT2D eigenvalue weighted by atomic mass is 10.1. The van der Waals surface area contributed by atoms with Crippen LogP contribution in [0.1, 0.15) is 26.3 Å². The molecular weight excluding hydrogens is 550 g/mol. The fourth-order valence-corrected chi connectivity index (χ4v) is 8.51. The maximum absolute atomic E-state index is 13.5. The van der Waals surface area contributed by atoms with Gasteiger partial charge in [0.2, 0.25) is 0 Å². The zero-order valence-electron chi connectivity index (χ0n) is 21.5. The number of nitrogens with one attached hydrogen (secondary N) is 1. The second-order valence-electron chi connectivity index (χ2n) is 10.1. The van der Waals surface area contributed by atoms with Gasteiger partial charge in [0, 0.05) is 17.4 Å². The molecule has 0 radical (unpaired) electrons. The third-order valence-corrected chi connectivity index (χ3v) is 9.46. The Kier molecular flexibility index (Phi) is 8.29. The van der Waals surface area contributed by atoms with Crippen LogP contribution < -0.4 is 15.0 Å². The van der Waals surface area contributed by atoms with Crippen molar-refractivity contribution in [1.82, 2.24) is 5.32 Å². The molecule has 2 aromatic carbocycles. The van der Waals surface area contributed by atoms with E-state index in [0.717, 1.165) is 5.56 Å². The number of aliphatic imine (C=N–C) groups is 1. The molecule has 0 saturated carbocycles. The van der Waals surface area contributed by atoms with Crippen LogP contribution >= 0.6 is 23.4 Å². The molecule has 2 aliphatic rings. The van der Waals surface area contributed by atoms with Crippen molar-refractivity contribution in [2.24, 2.45) is 4.99 Å². The van der Waals surface area contributed by atoms with Gasteiger partial charge in [0.25, 0.3) is 5.91 Å². The van der Waals surface area contributed by atoms with Crippen LogP contribution in [0.2, 0.25) is 5.02 Å². The number of carbonyl (C=O) groups excluding carboxylic acids is 2. The van der Waals surface area contributed by atoms with E-state index in [1.807, 2.05) is 30.3 Å². The fourth-order valence-electron chi connectivity index (χ4n) is 4.34. The Morgan fingerprint density at radius 3 is 2.53 bits per heavy atom. The number of thioether (sulfide) groups is 1. The van der Waals surface area contributed by atoms with Gasteiger partial charge in [0.1, 0.15) is 17.4 Å². The number of amidine groups is 1. The molecule has 2 amide bonds. The van der Waals surface area contributed by atoms with Gasteiger partial charge in [0.15, 0.2) is 15.0 Å². The number of hydrogen-bond acceptors (Lipinski definition) is 7. The van der Waals surface area contributed by atoms with Gasteiger partial charge in [-0.15, -0.1) is 0 Å². The third-order valence-electron chi connectivity index (χ3n) is 5.96. The lowest BCUT2D eigenvalue weighted by molar-refractivity contribution is -0.119. The lowest BCUT2D eigenvalue weighted by Gasteiger charge is -2.26. The largest absolute Gasteiger partial charge is 0.495 e. The minimum atomic E-state index is -3.25. The van der Waals surface area contributed by atoms with E-state index in [0.29, 0.717) is 21.6 Å². The maximum atomic E-state index is 13.5. The number of alkyl carbamates (subject to hydrolysis) is 1. The van der Waals surface area contributed by atoms with Gasteiger partial charge < -0.3 is 19.7 Å². The molecule has 2 aliphatic heterocycles. The van der Waals surface area contributed by atoms with Crippen molar-refractivity contribution in [3.8, 4) is 5.75 Å². The minimum Gasteiger partial charge on any atom is -0.495 e. The van der Waals surface area contributed by atoms with Crippen molar-refractivity contribution in [3.63, 3.8) is 0 Å². The summed E-state index contributed by atoms with van der Waals surface area (Å²) in [5, 5.41) is 3.06. The first-order valence-electron chi connectivity index (χ1n) is 12.0. The molecule has 4 rings (SSSR count). The van der Waals surface area contributed by atoms with Crippen molar-refractivity contribution in [3.05, 3.63) is 59.1 Å². The van der Waals surface area contributed by atoms with Gasteiger partial charge in [-0.05, 0) is 44.5 Å². The lowest BCUT2D eigenvalue weighted by Crippen LogP contribution is -2.45. The standard InChI is InChI=1S/C26H30ClN3O6S2/c1-26(2,3)36-25(32)28-19(12-16-8-6-5-7-9-16)23(31)29-24-30(17-10-11-21(35-4)18(27)13-17)20-14-38(33,34)15-22(20)37-24/h5-11,13,19-20,22H,12,14-15H2,1-4H3,(H,28,32)/t19-,20+,22+/m1/s1. The van der Waals surface area contributed by atoms with Gasteiger partial charge >= 0.3 is 6.09 Å². The van der Waals surface area contributed by atoms with Gasteiger partial charge in [0.05, 0.1) is 29.7 Å². The Balaban J connectivity index is 1.67. The number of carbonyl (C=O) groups is 2. The molecule has 2 saturated heterocycles. The number of anilines is 1. The van der Waals surface area contributed by atoms with E-state index in [2.05, 4.69) is 10.3 Å². The number of amides is 2. The van der Waals surface area contributed by atoms with Crippen LogP contribution in [0.3, 0.4) is 0 Å². The van der Waals surface area contributed by atoms with Crippen molar-refractivity contribution >= 4 is 56.1 Å². The second kappa shape index (κ2) is 11.2. The Morgan fingerprint density at radius 2 is 1.89 bits per heavy atom. The Labute approximate surface area is 231 Å². The molecule has 9 nitrogen and oxygen atoms in total. The van der Waals surface area contributed by atoms with Gasteiger partial charge in [-0.2, -0.15) is 4.99 Å². The molecule has 0 aliphatic carbocycles. The number of ether oxygens (including phenoxy) is 2. The van der Waals surface area contributed by atoms with E-state index in [-0.39, 0.29) is 23.2 Å². The molecule has 12 heteroatoms. The number of methoxy groups -OCH3 is 1. The molecule has 0 unspecified atom stereocenters. The highest BCUT2D eigenvalue weighted by Crippen LogP contribution is 2.42. The maximum Gasteiger partial charge on any atom is 0.408 e. The molecule has 2 aromatic rings. The van der Waals surface area contributed by atoms with Crippen molar-refractivity contribution < 1.29 is 27.5 Å². The number of sulfone groups is 1. The first-order valence-corrected chi connectivity index (χ1v) is 15.1. The summed E-state index contributed by atoms with van der Waals surface area (Å²) in [6.45, 7) is 5.21. The quantitative estimate of drug-likeness (QED) is 0.544. The van der Waals surface area contributed by atoms with E-state index in [1.165, 1.54) is 18.9 Å². The summed E-state index contributed by atoms with van der Waals surface area (Å²) in [5.41, 5.74) is 0.687. The van der Waals surface area contributed by atoms with E-state index in [4.69, 9.17) is 21.1 Å². The summed E-state index contributed by atoms with van der Waals surface area (Å²) < 4.78 is 35.4. The predicted molar refractivity (Wildman–Crippen MR) is 150 cm³/mol. The molecule has 0 aromatic heterocycles. The highest BCUT2D eigenvalue weighted by molar-refractivity contribution is 8.16. The SMILES string of the molecule is COc1ccc(N2C(=NC(=O)[C@@H](Cc3ccccc3)NC(=O)OC(C)(C)C)S[C@H]3CS(=O)(=O)C[C@@H]32)cc1Cl. The van der Waals surface area contributed by atoms with Crippen LogP contribution in [0.15, 0.2) is 53.5 Å². The number of fused-ring (bicyclic) bond motifs is 1. The summed E-state index contributed by atoms with van der Waals surface area (Å²) >= 11 is 7.61. The van der Waals surface area contributed by atoms with Crippen LogP contribution in [0.5, 0.6) is 5.75 Å². The number of hydrogen-bond donors (Lipinski definition) is 1. The van der Waals surface area contributed by atoms with Crippen LogP contribution in [-0.4, -0.2) is 67.1 Å². The molecular formula is C26H30ClN3O6S2. The normalized spacial score (nSPS) is 22.1. The van der Waals surface area contributed by atoms with Crippen LogP contribution in [0, 0.1) is 0 Å². The average Bonchev–Trinajstić information content (AvgIpc) is 3.28. The van der Waals surface area contributed by atoms with Gasteiger partial charge in [-0.3, -0.25) is 4.79 Å². The van der Waals surface area contributed by atoms with Crippen LogP contribution in [-0.2, 0) is 25.8 Å². The molecule has 38 heavy (non-hydrogen) atoms. The molecule has 1 N–H and O–H groups in total.